The van der Waals surface area contributed by atoms with Gasteiger partial charge in [-0.1, -0.05) is 12.1 Å². The number of imidazole rings is 1. The van der Waals surface area contributed by atoms with Crippen molar-refractivity contribution in [2.75, 3.05) is 19.5 Å². The Morgan fingerprint density at radius 3 is 2.62 bits per heavy atom. The van der Waals surface area contributed by atoms with Gasteiger partial charge in [0.05, 0.1) is 25.5 Å². The van der Waals surface area contributed by atoms with Crippen LogP contribution in [0.2, 0.25) is 0 Å². The van der Waals surface area contributed by atoms with Gasteiger partial charge in [-0.05, 0) is 36.4 Å². The van der Waals surface area contributed by atoms with E-state index >= 15 is 0 Å². The van der Waals surface area contributed by atoms with E-state index in [-0.39, 0.29) is 5.91 Å². The van der Waals surface area contributed by atoms with Crippen LogP contribution < -0.4 is 10.1 Å². The van der Waals surface area contributed by atoms with Gasteiger partial charge in [0.25, 0.3) is 5.91 Å². The Balaban J connectivity index is 1.58. The molecular weight excluding hydrogens is 390 g/mol. The molecule has 4 aromatic rings. The van der Waals surface area contributed by atoms with Crippen molar-refractivity contribution in [2.45, 2.75) is 0 Å². The second-order valence-electron chi connectivity index (χ2n) is 6.15. The van der Waals surface area contributed by atoms with E-state index in [1.165, 1.54) is 18.4 Å². The Labute approximate surface area is 170 Å². The standard InChI is InChI=1S/C21H17N3O4S/c1-27-16-5-3-4-14(10-16)17-11-24-18(12-29-21(24)23-17)19(25)22-15-8-6-13(7-9-15)20(26)28-2/h3-12H,1-2H3,(H,22,25). The Kier molecular flexibility index (Phi) is 5.01. The largest absolute Gasteiger partial charge is 0.497 e. The highest BCUT2D eigenvalue weighted by molar-refractivity contribution is 7.15. The fraction of sp³-hybridized carbons (Fsp3) is 0.0952. The van der Waals surface area contributed by atoms with Crippen molar-refractivity contribution in [1.29, 1.82) is 0 Å². The molecule has 0 aliphatic rings. The number of nitrogens with zero attached hydrogens (tertiary/aromatic N) is 2. The molecule has 0 aliphatic heterocycles. The highest BCUT2D eigenvalue weighted by Crippen LogP contribution is 2.26. The van der Waals surface area contributed by atoms with Gasteiger partial charge in [-0.15, -0.1) is 11.3 Å². The topological polar surface area (TPSA) is 81.9 Å². The van der Waals surface area contributed by atoms with E-state index in [1.54, 1.807) is 41.2 Å². The third kappa shape index (κ3) is 3.70. The summed E-state index contributed by atoms with van der Waals surface area (Å²) >= 11 is 1.39. The number of hydrogen-bond acceptors (Lipinski definition) is 6. The summed E-state index contributed by atoms with van der Waals surface area (Å²) in [6.07, 6.45) is 1.83. The van der Waals surface area contributed by atoms with Gasteiger partial charge in [0.1, 0.15) is 11.4 Å². The number of ether oxygens (including phenoxy) is 2. The lowest BCUT2D eigenvalue weighted by atomic mass is 10.1. The number of hydrogen-bond donors (Lipinski definition) is 1. The third-order valence-electron chi connectivity index (χ3n) is 4.37. The number of thiazole rings is 1. The third-order valence-corrected chi connectivity index (χ3v) is 5.21. The Morgan fingerprint density at radius 1 is 1.10 bits per heavy atom. The first kappa shape index (κ1) is 18.7. The average molecular weight is 407 g/mol. The molecule has 0 unspecified atom stereocenters. The lowest BCUT2D eigenvalue weighted by Gasteiger charge is -2.05. The molecule has 2 heterocycles. The van der Waals surface area contributed by atoms with E-state index in [0.717, 1.165) is 17.0 Å². The Hall–Kier alpha value is -3.65. The summed E-state index contributed by atoms with van der Waals surface area (Å²) in [5.74, 6) is 0.0507. The molecule has 2 aromatic heterocycles. The first-order valence-corrected chi connectivity index (χ1v) is 9.58. The minimum atomic E-state index is -0.425. The quantitative estimate of drug-likeness (QED) is 0.504. The monoisotopic (exact) mass is 407 g/mol. The highest BCUT2D eigenvalue weighted by atomic mass is 32.1. The summed E-state index contributed by atoms with van der Waals surface area (Å²) in [5.41, 5.74) is 3.14. The second kappa shape index (κ2) is 7.76. The van der Waals surface area contributed by atoms with Crippen molar-refractivity contribution in [1.82, 2.24) is 9.38 Å². The van der Waals surface area contributed by atoms with E-state index in [1.807, 2.05) is 30.5 Å². The van der Waals surface area contributed by atoms with Crippen LogP contribution in [-0.2, 0) is 4.74 Å². The van der Waals surface area contributed by atoms with Crippen LogP contribution in [0.4, 0.5) is 5.69 Å². The zero-order valence-corrected chi connectivity index (χ0v) is 16.5. The van der Waals surface area contributed by atoms with E-state index in [9.17, 15) is 9.59 Å². The maximum absolute atomic E-state index is 12.7. The number of benzene rings is 2. The van der Waals surface area contributed by atoms with Crippen LogP contribution in [0, 0.1) is 0 Å². The van der Waals surface area contributed by atoms with Gasteiger partial charge in [-0.3, -0.25) is 9.20 Å². The molecule has 0 aliphatic carbocycles. The van der Waals surface area contributed by atoms with Gasteiger partial charge in [0.2, 0.25) is 0 Å². The van der Waals surface area contributed by atoms with E-state index < -0.39 is 5.97 Å². The van der Waals surface area contributed by atoms with Crippen LogP contribution in [-0.4, -0.2) is 35.5 Å². The molecule has 7 nitrogen and oxygen atoms in total. The van der Waals surface area contributed by atoms with Crippen LogP contribution in [0.25, 0.3) is 16.2 Å². The Morgan fingerprint density at radius 2 is 1.90 bits per heavy atom. The maximum atomic E-state index is 12.7. The molecule has 29 heavy (non-hydrogen) atoms. The van der Waals surface area contributed by atoms with Gasteiger partial charge in [-0.2, -0.15) is 0 Å². The number of methoxy groups -OCH3 is 2. The van der Waals surface area contributed by atoms with Crippen molar-refractivity contribution in [3.05, 3.63) is 71.4 Å². The normalized spacial score (nSPS) is 10.7. The molecule has 1 amide bonds. The molecule has 0 spiro atoms. The maximum Gasteiger partial charge on any atom is 0.337 e. The number of rotatable bonds is 5. The van der Waals surface area contributed by atoms with E-state index in [0.29, 0.717) is 21.9 Å². The summed E-state index contributed by atoms with van der Waals surface area (Å²) < 4.78 is 11.7. The predicted octanol–water partition coefficient (Wildman–Crippen LogP) is 4.11. The van der Waals surface area contributed by atoms with Crippen molar-refractivity contribution in [3.63, 3.8) is 0 Å². The van der Waals surface area contributed by atoms with Gasteiger partial charge in [-0.25, -0.2) is 9.78 Å². The predicted molar refractivity (Wildman–Crippen MR) is 111 cm³/mol. The fourth-order valence-corrected chi connectivity index (χ4v) is 3.72. The van der Waals surface area contributed by atoms with Crippen LogP contribution in [0.5, 0.6) is 5.75 Å². The van der Waals surface area contributed by atoms with Gasteiger partial charge >= 0.3 is 5.97 Å². The zero-order valence-electron chi connectivity index (χ0n) is 15.7. The molecule has 0 saturated carbocycles. The lowest BCUT2D eigenvalue weighted by molar-refractivity contribution is 0.0600. The van der Waals surface area contributed by atoms with Crippen LogP contribution in [0.1, 0.15) is 20.8 Å². The zero-order chi connectivity index (χ0) is 20.4. The summed E-state index contributed by atoms with van der Waals surface area (Å²) in [7, 11) is 2.94. The Bertz CT molecular complexity index is 1190. The van der Waals surface area contributed by atoms with Crippen molar-refractivity contribution >= 4 is 33.9 Å². The van der Waals surface area contributed by atoms with Gasteiger partial charge < -0.3 is 14.8 Å². The molecule has 4 rings (SSSR count). The van der Waals surface area contributed by atoms with Crippen LogP contribution >= 0.6 is 11.3 Å². The lowest BCUT2D eigenvalue weighted by Crippen LogP contribution is -2.14. The van der Waals surface area contributed by atoms with E-state index in [4.69, 9.17) is 4.74 Å². The summed E-state index contributed by atoms with van der Waals surface area (Å²) in [4.78, 5) is 29.6. The molecule has 0 fully saturated rings. The van der Waals surface area contributed by atoms with Crippen molar-refractivity contribution < 1.29 is 19.1 Å². The smallest absolute Gasteiger partial charge is 0.337 e. The average Bonchev–Trinajstić information content (AvgIpc) is 3.34. The minimum absolute atomic E-state index is 0.267. The van der Waals surface area contributed by atoms with Crippen molar-refractivity contribution in [3.8, 4) is 17.0 Å². The summed E-state index contributed by atoms with van der Waals surface area (Å²) in [5, 5.41) is 4.59. The SMILES string of the molecule is COC(=O)c1ccc(NC(=O)c2csc3nc(-c4cccc(OC)c4)cn23)cc1. The highest BCUT2D eigenvalue weighted by Gasteiger charge is 2.16. The van der Waals surface area contributed by atoms with E-state index in [2.05, 4.69) is 15.0 Å². The second-order valence-corrected chi connectivity index (χ2v) is 6.99. The first-order valence-electron chi connectivity index (χ1n) is 8.70. The molecule has 0 bridgehead atoms. The number of nitrogens with one attached hydrogen (secondary N) is 1. The fourth-order valence-electron chi connectivity index (χ4n) is 2.87. The first-order chi connectivity index (χ1) is 14.1. The number of esters is 1. The number of amides is 1. The minimum Gasteiger partial charge on any atom is -0.497 e. The number of aromatic nitrogens is 2. The van der Waals surface area contributed by atoms with Crippen LogP contribution in [0.3, 0.4) is 0 Å². The molecule has 0 saturated heterocycles. The number of fused-ring (bicyclic) bond motifs is 1. The molecule has 2 aromatic carbocycles. The molecule has 0 radical (unpaired) electrons. The molecule has 146 valence electrons. The molecular formula is C21H17N3O4S. The number of anilines is 1. The summed E-state index contributed by atoms with van der Waals surface area (Å²) in [6, 6.07) is 14.1. The summed E-state index contributed by atoms with van der Waals surface area (Å²) in [6.45, 7) is 0. The molecule has 0 atom stereocenters. The molecule has 8 heteroatoms. The van der Waals surface area contributed by atoms with Crippen molar-refractivity contribution in [2.24, 2.45) is 0 Å². The van der Waals surface area contributed by atoms with Gasteiger partial charge in [0, 0.05) is 22.8 Å². The number of carbonyl (C=O) groups is 2. The number of carbonyl (C=O) groups excluding carboxylic acids is 2. The van der Waals surface area contributed by atoms with Gasteiger partial charge in [0.15, 0.2) is 4.96 Å². The van der Waals surface area contributed by atoms with Crippen LogP contribution in [0.15, 0.2) is 60.1 Å². The molecule has 1 N–H and O–H groups in total.